The predicted molar refractivity (Wildman–Crippen MR) is 100 cm³/mol. The molecule has 0 radical (unpaired) electrons. The maximum absolute atomic E-state index is 12.8. The first kappa shape index (κ1) is 19.1. The van der Waals surface area contributed by atoms with Gasteiger partial charge in [-0.1, -0.05) is 11.6 Å². The number of halogens is 1. The van der Waals surface area contributed by atoms with E-state index in [1.54, 1.807) is 12.4 Å². The van der Waals surface area contributed by atoms with E-state index < -0.39 is 21.2 Å². The first-order valence-corrected chi connectivity index (χ1v) is 10.2. The number of aromatic amines is 1. The van der Waals surface area contributed by atoms with Gasteiger partial charge in [-0.05, 0) is 24.6 Å². The summed E-state index contributed by atoms with van der Waals surface area (Å²) in [6.07, 6.45) is 5.73. The Labute approximate surface area is 160 Å². The van der Waals surface area contributed by atoms with Crippen LogP contribution < -0.4 is 5.56 Å². The molecule has 0 spiro atoms. The summed E-state index contributed by atoms with van der Waals surface area (Å²) in [7, 11) is -2.10. The molecule has 0 unspecified atom stereocenters. The van der Waals surface area contributed by atoms with E-state index in [0.29, 0.717) is 0 Å². The van der Waals surface area contributed by atoms with Crippen molar-refractivity contribution in [3.8, 4) is 0 Å². The van der Waals surface area contributed by atoms with Crippen LogP contribution in [0.2, 0.25) is 5.02 Å². The molecule has 3 rings (SSSR count). The van der Waals surface area contributed by atoms with Crippen molar-refractivity contribution in [1.82, 2.24) is 19.6 Å². The number of nitrogens with zero attached hydrogens (tertiary/aromatic N) is 3. The van der Waals surface area contributed by atoms with Crippen molar-refractivity contribution in [3.05, 3.63) is 68.4 Å². The number of carbonyl (C=O) groups is 1. The Hall–Kier alpha value is -2.65. The van der Waals surface area contributed by atoms with Crippen molar-refractivity contribution < 1.29 is 13.2 Å². The van der Waals surface area contributed by atoms with Crippen LogP contribution in [0.5, 0.6) is 0 Å². The number of benzene rings is 1. The van der Waals surface area contributed by atoms with E-state index in [1.807, 2.05) is 6.92 Å². The molecular formula is C17H17ClN4O4S. The van der Waals surface area contributed by atoms with Gasteiger partial charge in [0.25, 0.3) is 5.56 Å². The molecule has 0 aliphatic heterocycles. The lowest BCUT2D eigenvalue weighted by molar-refractivity contribution is 0.103. The van der Waals surface area contributed by atoms with E-state index in [0.717, 1.165) is 11.8 Å². The highest BCUT2D eigenvalue weighted by Gasteiger charge is 2.24. The third-order valence-electron chi connectivity index (χ3n) is 4.11. The molecule has 0 aliphatic carbocycles. The first-order valence-electron chi connectivity index (χ1n) is 7.89. The van der Waals surface area contributed by atoms with Gasteiger partial charge in [-0.3, -0.25) is 19.0 Å². The van der Waals surface area contributed by atoms with Crippen molar-refractivity contribution in [3.63, 3.8) is 0 Å². The van der Waals surface area contributed by atoms with Crippen LogP contribution in [-0.4, -0.2) is 40.0 Å². The third-order valence-corrected chi connectivity index (χ3v) is 5.72. The van der Waals surface area contributed by atoms with E-state index in [2.05, 4.69) is 10.2 Å². The number of aryl methyl sites for hydroxylation is 2. The molecule has 8 nitrogen and oxygen atoms in total. The van der Waals surface area contributed by atoms with E-state index in [9.17, 15) is 18.0 Å². The molecule has 2 heterocycles. The van der Waals surface area contributed by atoms with Gasteiger partial charge in [0.15, 0.2) is 9.84 Å². The number of rotatable bonds is 5. The average Bonchev–Trinajstić information content (AvgIpc) is 3.14. The lowest BCUT2D eigenvalue weighted by atomic mass is 10.0. The fourth-order valence-corrected chi connectivity index (χ4v) is 4.06. The van der Waals surface area contributed by atoms with E-state index >= 15 is 0 Å². The zero-order chi connectivity index (χ0) is 19.9. The van der Waals surface area contributed by atoms with Gasteiger partial charge in [0.05, 0.1) is 22.7 Å². The smallest absolute Gasteiger partial charge is 0.277 e. The van der Waals surface area contributed by atoms with Crippen LogP contribution in [0.1, 0.15) is 27.0 Å². The summed E-state index contributed by atoms with van der Waals surface area (Å²) in [5.41, 5.74) is 0.634. The Morgan fingerprint density at radius 2 is 2.00 bits per heavy atom. The van der Waals surface area contributed by atoms with Crippen LogP contribution in [0.25, 0.3) is 0 Å². The summed E-state index contributed by atoms with van der Waals surface area (Å²) >= 11 is 6.44. The molecule has 0 aliphatic rings. The number of nitrogens with one attached hydrogen (secondary N) is 1. The second-order valence-electron chi connectivity index (χ2n) is 6.27. The van der Waals surface area contributed by atoms with Gasteiger partial charge in [-0.25, -0.2) is 8.42 Å². The molecule has 0 bridgehead atoms. The normalized spacial score (nSPS) is 11.7. The van der Waals surface area contributed by atoms with Crippen molar-refractivity contribution in [1.29, 1.82) is 0 Å². The highest BCUT2D eigenvalue weighted by molar-refractivity contribution is 7.90. The van der Waals surface area contributed by atoms with Crippen molar-refractivity contribution in [2.75, 3.05) is 6.26 Å². The van der Waals surface area contributed by atoms with Crippen LogP contribution in [0.3, 0.4) is 0 Å². The van der Waals surface area contributed by atoms with Gasteiger partial charge >= 0.3 is 0 Å². The molecule has 1 aromatic carbocycles. The van der Waals surface area contributed by atoms with E-state index in [1.165, 1.54) is 34.7 Å². The van der Waals surface area contributed by atoms with Gasteiger partial charge in [-0.2, -0.15) is 5.10 Å². The number of hydrogen-bond donors (Lipinski definition) is 1. The van der Waals surface area contributed by atoms with Gasteiger partial charge in [0.1, 0.15) is 5.56 Å². The molecule has 0 fully saturated rings. The molecule has 27 heavy (non-hydrogen) atoms. The standard InChI is InChI=1S/C17H17ClN4O4S/c1-10-6-20-22(8-10)9-13-14(27(3,25)26)5-4-11(15(13)18)16(23)12-7-19-21(2)17(12)24/h4-8,19H,9H2,1-3H3. The van der Waals surface area contributed by atoms with Gasteiger partial charge in [-0.15, -0.1) is 0 Å². The topological polar surface area (TPSA) is 107 Å². The van der Waals surface area contributed by atoms with Crippen LogP contribution >= 0.6 is 11.6 Å². The number of carbonyl (C=O) groups excluding carboxylic acids is 1. The summed E-state index contributed by atoms with van der Waals surface area (Å²) in [5, 5.41) is 6.76. The molecule has 3 aromatic rings. The molecule has 0 saturated carbocycles. The molecule has 0 amide bonds. The predicted octanol–water partition coefficient (Wildman–Crippen LogP) is 1.55. The largest absolute Gasteiger partial charge is 0.302 e. The third kappa shape index (κ3) is 3.60. The maximum Gasteiger partial charge on any atom is 0.277 e. The van der Waals surface area contributed by atoms with Gasteiger partial charge in [0.2, 0.25) is 5.78 Å². The first-order chi connectivity index (χ1) is 12.6. The van der Waals surface area contributed by atoms with Crippen molar-refractivity contribution >= 4 is 27.2 Å². The highest BCUT2D eigenvalue weighted by Crippen LogP contribution is 2.30. The fourth-order valence-electron chi connectivity index (χ4n) is 2.76. The van der Waals surface area contributed by atoms with E-state index in [4.69, 9.17) is 11.6 Å². The zero-order valence-electron chi connectivity index (χ0n) is 14.9. The van der Waals surface area contributed by atoms with E-state index in [-0.39, 0.29) is 33.2 Å². The second-order valence-corrected chi connectivity index (χ2v) is 8.63. The van der Waals surface area contributed by atoms with Crippen LogP contribution in [0.15, 0.2) is 40.4 Å². The minimum absolute atomic E-state index is 0.0131. The molecule has 2 aromatic heterocycles. The zero-order valence-corrected chi connectivity index (χ0v) is 16.4. The number of hydrogen-bond acceptors (Lipinski definition) is 5. The Morgan fingerprint density at radius 1 is 1.30 bits per heavy atom. The SMILES string of the molecule is Cc1cnn(Cc2c(S(C)(=O)=O)ccc(C(=O)c3c[nH]n(C)c3=O)c2Cl)c1. The van der Waals surface area contributed by atoms with Gasteiger partial charge in [0, 0.05) is 36.8 Å². The number of H-pyrrole nitrogens is 1. The molecule has 1 N–H and O–H groups in total. The summed E-state index contributed by atoms with van der Waals surface area (Å²) < 4.78 is 27.1. The molecule has 142 valence electrons. The molecule has 0 atom stereocenters. The highest BCUT2D eigenvalue weighted by atomic mass is 35.5. The lowest BCUT2D eigenvalue weighted by Gasteiger charge is -2.13. The minimum Gasteiger partial charge on any atom is -0.302 e. The molecule has 10 heteroatoms. The summed E-state index contributed by atoms with van der Waals surface area (Å²) in [5.74, 6) is -0.584. The summed E-state index contributed by atoms with van der Waals surface area (Å²) in [4.78, 5) is 24.9. The second kappa shape index (κ2) is 6.82. The quantitative estimate of drug-likeness (QED) is 0.644. The molecular weight excluding hydrogens is 392 g/mol. The maximum atomic E-state index is 12.8. The minimum atomic E-state index is -3.59. The van der Waals surface area contributed by atoms with Crippen LogP contribution in [-0.2, 0) is 23.4 Å². The Kier molecular flexibility index (Phi) is 4.83. The number of sulfone groups is 1. The number of aromatic nitrogens is 4. The fraction of sp³-hybridized carbons (Fsp3) is 0.235. The summed E-state index contributed by atoms with van der Waals surface area (Å²) in [6, 6.07) is 2.66. The average molecular weight is 409 g/mol. The monoisotopic (exact) mass is 408 g/mol. The van der Waals surface area contributed by atoms with Gasteiger partial charge < -0.3 is 5.10 Å². The van der Waals surface area contributed by atoms with Crippen LogP contribution in [0.4, 0.5) is 0 Å². The summed E-state index contributed by atoms with van der Waals surface area (Å²) in [6.45, 7) is 1.92. The molecule has 0 saturated heterocycles. The Morgan fingerprint density at radius 3 is 2.52 bits per heavy atom. The Bertz CT molecular complexity index is 1200. The number of ketones is 1. The Balaban J connectivity index is 2.17. The van der Waals surface area contributed by atoms with Crippen molar-refractivity contribution in [2.24, 2.45) is 7.05 Å². The lowest BCUT2D eigenvalue weighted by Crippen LogP contribution is -2.20. The van der Waals surface area contributed by atoms with Crippen LogP contribution in [0, 0.1) is 6.92 Å². The van der Waals surface area contributed by atoms with Crippen molar-refractivity contribution in [2.45, 2.75) is 18.4 Å².